The molecule has 0 saturated carbocycles. The SMILES string of the molecule is CC([CH]c1ccccc1)C(N)=O. The summed E-state index contributed by atoms with van der Waals surface area (Å²) in [7, 11) is 0. The third-order valence-electron chi connectivity index (χ3n) is 1.69. The maximum Gasteiger partial charge on any atom is 0.220 e. The van der Waals surface area contributed by atoms with E-state index in [0.29, 0.717) is 0 Å². The molecule has 1 amide bonds. The van der Waals surface area contributed by atoms with Crippen LogP contribution in [-0.4, -0.2) is 5.91 Å². The van der Waals surface area contributed by atoms with Crippen molar-refractivity contribution in [1.82, 2.24) is 0 Å². The summed E-state index contributed by atoms with van der Waals surface area (Å²) >= 11 is 0. The van der Waals surface area contributed by atoms with Crippen LogP contribution in [0.4, 0.5) is 0 Å². The number of hydrogen-bond acceptors (Lipinski definition) is 1. The van der Waals surface area contributed by atoms with Crippen molar-refractivity contribution in [2.45, 2.75) is 6.92 Å². The minimum atomic E-state index is -0.293. The number of amides is 1. The van der Waals surface area contributed by atoms with Gasteiger partial charge in [0.25, 0.3) is 0 Å². The molecule has 0 bridgehead atoms. The molecule has 0 heterocycles. The van der Waals surface area contributed by atoms with Gasteiger partial charge in [0.1, 0.15) is 0 Å². The van der Waals surface area contributed by atoms with Gasteiger partial charge in [-0.05, 0) is 5.56 Å². The summed E-state index contributed by atoms with van der Waals surface area (Å²) in [4.78, 5) is 10.7. The van der Waals surface area contributed by atoms with Crippen LogP contribution in [0.1, 0.15) is 12.5 Å². The summed E-state index contributed by atoms with van der Waals surface area (Å²) in [5.41, 5.74) is 6.14. The molecule has 1 aromatic rings. The highest BCUT2D eigenvalue weighted by atomic mass is 16.1. The molecule has 2 nitrogen and oxygen atoms in total. The van der Waals surface area contributed by atoms with Crippen molar-refractivity contribution < 1.29 is 4.79 Å². The number of benzene rings is 1. The van der Waals surface area contributed by atoms with Crippen molar-refractivity contribution in [3.8, 4) is 0 Å². The Bertz CT molecular complexity index is 256. The smallest absolute Gasteiger partial charge is 0.220 e. The van der Waals surface area contributed by atoms with E-state index in [4.69, 9.17) is 5.73 Å². The van der Waals surface area contributed by atoms with Gasteiger partial charge in [-0.2, -0.15) is 0 Å². The second kappa shape index (κ2) is 3.90. The predicted molar refractivity (Wildman–Crippen MR) is 48.2 cm³/mol. The van der Waals surface area contributed by atoms with Crippen molar-refractivity contribution in [3.05, 3.63) is 42.3 Å². The van der Waals surface area contributed by atoms with Gasteiger partial charge in [0.05, 0.1) is 0 Å². The van der Waals surface area contributed by atoms with E-state index >= 15 is 0 Å². The lowest BCUT2D eigenvalue weighted by Crippen LogP contribution is -2.20. The number of carbonyl (C=O) groups excluding carboxylic acids is 1. The van der Waals surface area contributed by atoms with Crippen LogP contribution in [0.25, 0.3) is 0 Å². The molecule has 0 aliphatic heterocycles. The Hall–Kier alpha value is -1.31. The highest BCUT2D eigenvalue weighted by Crippen LogP contribution is 2.09. The van der Waals surface area contributed by atoms with Crippen LogP contribution in [0.15, 0.2) is 30.3 Å². The Kier molecular flexibility index (Phi) is 2.86. The van der Waals surface area contributed by atoms with Gasteiger partial charge < -0.3 is 5.73 Å². The van der Waals surface area contributed by atoms with Crippen LogP contribution in [0.5, 0.6) is 0 Å². The quantitative estimate of drug-likeness (QED) is 0.716. The fraction of sp³-hybridized carbons (Fsp3) is 0.200. The van der Waals surface area contributed by atoms with Crippen LogP contribution >= 0.6 is 0 Å². The van der Waals surface area contributed by atoms with Crippen molar-refractivity contribution >= 4 is 5.91 Å². The van der Waals surface area contributed by atoms with Gasteiger partial charge in [-0.3, -0.25) is 4.79 Å². The molecule has 0 saturated heterocycles. The lowest BCUT2D eigenvalue weighted by atomic mass is 10.0. The number of hydrogen-bond donors (Lipinski definition) is 1. The molecule has 0 spiro atoms. The van der Waals surface area contributed by atoms with Gasteiger partial charge in [0.2, 0.25) is 5.91 Å². The van der Waals surface area contributed by atoms with Crippen LogP contribution in [-0.2, 0) is 4.79 Å². The van der Waals surface area contributed by atoms with E-state index in [0.717, 1.165) is 5.56 Å². The molecular formula is C10H12NO. The lowest BCUT2D eigenvalue weighted by molar-refractivity contribution is -0.120. The molecular weight excluding hydrogens is 150 g/mol. The first-order chi connectivity index (χ1) is 5.70. The van der Waals surface area contributed by atoms with Crippen LogP contribution in [0.2, 0.25) is 0 Å². The van der Waals surface area contributed by atoms with E-state index in [9.17, 15) is 4.79 Å². The Morgan fingerprint density at radius 3 is 2.50 bits per heavy atom. The fourth-order valence-corrected chi connectivity index (χ4v) is 0.935. The summed E-state index contributed by atoms with van der Waals surface area (Å²) in [6.07, 6.45) is 1.85. The first-order valence-electron chi connectivity index (χ1n) is 3.89. The van der Waals surface area contributed by atoms with Gasteiger partial charge in [0, 0.05) is 12.3 Å². The fourth-order valence-electron chi connectivity index (χ4n) is 0.935. The van der Waals surface area contributed by atoms with Gasteiger partial charge in [-0.1, -0.05) is 37.3 Å². The summed E-state index contributed by atoms with van der Waals surface area (Å²) in [6.45, 7) is 1.79. The normalized spacial score (nSPS) is 12.4. The average Bonchev–Trinajstić information content (AvgIpc) is 2.06. The Balaban J connectivity index is 2.58. The molecule has 1 atom stereocenters. The minimum Gasteiger partial charge on any atom is -0.369 e. The van der Waals surface area contributed by atoms with Gasteiger partial charge in [0.15, 0.2) is 0 Å². The van der Waals surface area contributed by atoms with E-state index in [1.165, 1.54) is 0 Å². The third kappa shape index (κ3) is 2.38. The van der Waals surface area contributed by atoms with Gasteiger partial charge in [-0.25, -0.2) is 0 Å². The molecule has 1 aromatic carbocycles. The third-order valence-corrected chi connectivity index (χ3v) is 1.69. The summed E-state index contributed by atoms with van der Waals surface area (Å²) < 4.78 is 0. The van der Waals surface area contributed by atoms with E-state index in [1.54, 1.807) is 6.92 Å². The molecule has 2 heteroatoms. The Labute approximate surface area is 72.4 Å². The zero-order valence-corrected chi connectivity index (χ0v) is 7.03. The highest BCUT2D eigenvalue weighted by Gasteiger charge is 2.08. The lowest BCUT2D eigenvalue weighted by Gasteiger charge is -2.05. The van der Waals surface area contributed by atoms with E-state index in [-0.39, 0.29) is 11.8 Å². The highest BCUT2D eigenvalue weighted by molar-refractivity contribution is 5.78. The molecule has 1 unspecified atom stereocenters. The number of carbonyl (C=O) groups is 1. The maximum absolute atomic E-state index is 10.7. The van der Waals surface area contributed by atoms with Crippen LogP contribution in [0.3, 0.4) is 0 Å². The summed E-state index contributed by atoms with van der Waals surface area (Å²) in [5, 5.41) is 0. The number of nitrogens with two attached hydrogens (primary N) is 1. The van der Waals surface area contributed by atoms with E-state index in [2.05, 4.69) is 0 Å². The summed E-state index contributed by atoms with van der Waals surface area (Å²) in [6, 6.07) is 9.68. The van der Waals surface area contributed by atoms with Gasteiger partial charge in [-0.15, -0.1) is 0 Å². The first kappa shape index (κ1) is 8.78. The van der Waals surface area contributed by atoms with Crippen molar-refractivity contribution in [3.63, 3.8) is 0 Å². The van der Waals surface area contributed by atoms with Crippen molar-refractivity contribution in [2.75, 3.05) is 0 Å². The zero-order valence-electron chi connectivity index (χ0n) is 7.03. The molecule has 2 N–H and O–H groups in total. The molecule has 63 valence electrons. The van der Waals surface area contributed by atoms with Crippen LogP contribution in [0, 0.1) is 12.3 Å². The Morgan fingerprint density at radius 2 is 2.00 bits per heavy atom. The molecule has 0 aliphatic carbocycles. The van der Waals surface area contributed by atoms with E-state index < -0.39 is 0 Å². The van der Waals surface area contributed by atoms with Gasteiger partial charge >= 0.3 is 0 Å². The Morgan fingerprint density at radius 1 is 1.42 bits per heavy atom. The second-order valence-electron chi connectivity index (χ2n) is 2.77. The minimum absolute atomic E-state index is 0.201. The average molecular weight is 162 g/mol. The molecule has 1 rings (SSSR count). The summed E-state index contributed by atoms with van der Waals surface area (Å²) in [5.74, 6) is -0.494. The standard InChI is InChI=1S/C10H12NO/c1-8(10(11)12)7-9-5-3-2-4-6-9/h2-8H,1H3,(H2,11,12). The molecule has 0 aromatic heterocycles. The topological polar surface area (TPSA) is 43.1 Å². The molecule has 0 fully saturated rings. The number of primary amides is 1. The zero-order chi connectivity index (χ0) is 8.97. The van der Waals surface area contributed by atoms with Crippen LogP contribution < -0.4 is 5.73 Å². The van der Waals surface area contributed by atoms with Crippen molar-refractivity contribution in [1.29, 1.82) is 0 Å². The largest absolute Gasteiger partial charge is 0.369 e. The maximum atomic E-state index is 10.7. The molecule has 1 radical (unpaired) electrons. The molecule has 0 aliphatic rings. The second-order valence-corrected chi connectivity index (χ2v) is 2.77. The number of rotatable bonds is 3. The van der Waals surface area contributed by atoms with Crippen molar-refractivity contribution in [2.24, 2.45) is 11.7 Å². The van der Waals surface area contributed by atoms with E-state index in [1.807, 2.05) is 36.8 Å². The first-order valence-corrected chi connectivity index (χ1v) is 3.89. The molecule has 12 heavy (non-hydrogen) atoms. The predicted octanol–water partition coefficient (Wildman–Crippen LogP) is 1.36. The monoisotopic (exact) mass is 162 g/mol.